The summed E-state index contributed by atoms with van der Waals surface area (Å²) in [6, 6.07) is 9.80. The standard InChI is InChI=1S/C18H16O6/c1-22-14-9-13(17(15(20)10-14)18(21)23-2)8-7-12-5-3-4-6-16(12)24-11-19/h3-11,20H,1-2H3. The van der Waals surface area contributed by atoms with Crippen LogP contribution in [-0.2, 0) is 9.53 Å². The van der Waals surface area contributed by atoms with E-state index in [1.165, 1.54) is 20.3 Å². The highest BCUT2D eigenvalue weighted by Gasteiger charge is 2.17. The number of benzene rings is 2. The molecule has 0 spiro atoms. The van der Waals surface area contributed by atoms with Crippen molar-refractivity contribution in [1.29, 1.82) is 0 Å². The number of para-hydroxylation sites is 1. The third kappa shape index (κ3) is 3.73. The Labute approximate surface area is 138 Å². The van der Waals surface area contributed by atoms with Crippen molar-refractivity contribution < 1.29 is 28.9 Å². The molecule has 2 rings (SSSR count). The molecule has 0 bridgehead atoms. The fourth-order valence-corrected chi connectivity index (χ4v) is 2.15. The average molecular weight is 328 g/mol. The van der Waals surface area contributed by atoms with Crippen LogP contribution in [0.3, 0.4) is 0 Å². The number of methoxy groups -OCH3 is 2. The smallest absolute Gasteiger partial charge is 0.342 e. The Bertz CT molecular complexity index is 779. The number of hydrogen-bond acceptors (Lipinski definition) is 6. The number of rotatable bonds is 6. The second kappa shape index (κ2) is 7.82. The number of hydrogen-bond donors (Lipinski definition) is 1. The van der Waals surface area contributed by atoms with Gasteiger partial charge in [-0.2, -0.15) is 0 Å². The number of phenolic OH excluding ortho intramolecular Hbond substituents is 1. The molecule has 0 radical (unpaired) electrons. The van der Waals surface area contributed by atoms with E-state index in [4.69, 9.17) is 14.2 Å². The van der Waals surface area contributed by atoms with Gasteiger partial charge in [0, 0.05) is 11.6 Å². The summed E-state index contributed by atoms with van der Waals surface area (Å²) in [5.74, 6) is -0.168. The van der Waals surface area contributed by atoms with Crippen molar-refractivity contribution >= 4 is 24.6 Å². The molecule has 0 saturated carbocycles. The van der Waals surface area contributed by atoms with Gasteiger partial charge in [0.25, 0.3) is 6.47 Å². The first-order valence-corrected chi connectivity index (χ1v) is 6.97. The van der Waals surface area contributed by atoms with Gasteiger partial charge in [-0.15, -0.1) is 0 Å². The van der Waals surface area contributed by atoms with Crippen LogP contribution in [0.5, 0.6) is 17.2 Å². The van der Waals surface area contributed by atoms with Crippen LogP contribution >= 0.6 is 0 Å². The molecule has 1 N–H and O–H groups in total. The second-order valence-electron chi connectivity index (χ2n) is 4.69. The minimum atomic E-state index is -0.674. The second-order valence-corrected chi connectivity index (χ2v) is 4.69. The van der Waals surface area contributed by atoms with Gasteiger partial charge in [0.2, 0.25) is 0 Å². The van der Waals surface area contributed by atoms with Crippen molar-refractivity contribution in [3.8, 4) is 17.2 Å². The minimum Gasteiger partial charge on any atom is -0.507 e. The maximum Gasteiger partial charge on any atom is 0.342 e. The average Bonchev–Trinajstić information content (AvgIpc) is 2.60. The van der Waals surface area contributed by atoms with Crippen LogP contribution in [0.4, 0.5) is 0 Å². The van der Waals surface area contributed by atoms with Crippen molar-refractivity contribution in [3.05, 3.63) is 53.1 Å². The van der Waals surface area contributed by atoms with Crippen molar-refractivity contribution in [3.63, 3.8) is 0 Å². The number of carbonyl (C=O) groups excluding carboxylic acids is 2. The Morgan fingerprint density at radius 2 is 1.79 bits per heavy atom. The summed E-state index contributed by atoms with van der Waals surface area (Å²) in [4.78, 5) is 22.5. The van der Waals surface area contributed by atoms with Crippen molar-refractivity contribution in [2.45, 2.75) is 0 Å². The predicted octanol–water partition coefficient (Wildman–Crippen LogP) is 2.89. The highest BCUT2D eigenvalue weighted by Crippen LogP contribution is 2.30. The third-order valence-corrected chi connectivity index (χ3v) is 3.28. The molecular weight excluding hydrogens is 312 g/mol. The fraction of sp³-hybridized carbons (Fsp3) is 0.111. The number of esters is 1. The molecule has 0 atom stereocenters. The molecule has 0 heterocycles. The molecule has 6 nitrogen and oxygen atoms in total. The largest absolute Gasteiger partial charge is 0.507 e. The van der Waals surface area contributed by atoms with E-state index < -0.39 is 5.97 Å². The minimum absolute atomic E-state index is 0.0170. The number of carbonyl (C=O) groups is 2. The molecule has 0 aliphatic heterocycles. The number of phenols is 1. The molecule has 2 aromatic carbocycles. The first-order chi connectivity index (χ1) is 11.6. The van der Waals surface area contributed by atoms with Gasteiger partial charge in [0.1, 0.15) is 22.8 Å². The van der Waals surface area contributed by atoms with E-state index in [1.807, 2.05) is 0 Å². The summed E-state index contributed by atoms with van der Waals surface area (Å²) in [5.41, 5.74) is 1.05. The maximum atomic E-state index is 11.9. The van der Waals surface area contributed by atoms with E-state index in [0.29, 0.717) is 29.1 Å². The van der Waals surface area contributed by atoms with Crippen LogP contribution in [0.15, 0.2) is 36.4 Å². The Hall–Kier alpha value is -3.28. The maximum absolute atomic E-state index is 11.9. The molecule has 2 aromatic rings. The summed E-state index contributed by atoms with van der Waals surface area (Å²) in [5, 5.41) is 10.1. The summed E-state index contributed by atoms with van der Waals surface area (Å²) < 4.78 is 14.7. The fourth-order valence-electron chi connectivity index (χ4n) is 2.15. The first-order valence-electron chi connectivity index (χ1n) is 6.97. The molecule has 0 amide bonds. The van der Waals surface area contributed by atoms with E-state index in [2.05, 4.69) is 0 Å². The van der Waals surface area contributed by atoms with Gasteiger partial charge in [-0.1, -0.05) is 30.4 Å². The van der Waals surface area contributed by atoms with Crippen molar-refractivity contribution in [1.82, 2.24) is 0 Å². The van der Waals surface area contributed by atoms with E-state index in [1.54, 1.807) is 42.5 Å². The van der Waals surface area contributed by atoms with Crippen LogP contribution < -0.4 is 9.47 Å². The molecule has 0 aliphatic carbocycles. The first kappa shape index (κ1) is 17.1. The zero-order valence-electron chi connectivity index (χ0n) is 13.2. The van der Waals surface area contributed by atoms with Crippen molar-refractivity contribution in [2.24, 2.45) is 0 Å². The zero-order chi connectivity index (χ0) is 17.5. The summed E-state index contributed by atoms with van der Waals surface area (Å²) in [6.45, 7) is 0.337. The Kier molecular flexibility index (Phi) is 5.57. The third-order valence-electron chi connectivity index (χ3n) is 3.28. The van der Waals surface area contributed by atoms with E-state index >= 15 is 0 Å². The lowest BCUT2D eigenvalue weighted by molar-refractivity contribution is -0.120. The van der Waals surface area contributed by atoms with E-state index in [0.717, 1.165) is 0 Å². The number of ether oxygens (including phenoxy) is 3. The lowest BCUT2D eigenvalue weighted by Crippen LogP contribution is -2.04. The van der Waals surface area contributed by atoms with Crippen LogP contribution in [0.2, 0.25) is 0 Å². The summed E-state index contributed by atoms with van der Waals surface area (Å²) >= 11 is 0. The lowest BCUT2D eigenvalue weighted by atomic mass is 10.0. The van der Waals surface area contributed by atoms with Crippen LogP contribution in [0.25, 0.3) is 12.2 Å². The van der Waals surface area contributed by atoms with Gasteiger partial charge < -0.3 is 19.3 Å². The molecule has 0 unspecified atom stereocenters. The summed E-state index contributed by atoms with van der Waals surface area (Å²) in [6.07, 6.45) is 3.25. The molecule has 124 valence electrons. The molecule has 0 aromatic heterocycles. The monoisotopic (exact) mass is 328 g/mol. The highest BCUT2D eigenvalue weighted by molar-refractivity contribution is 5.98. The van der Waals surface area contributed by atoms with Gasteiger partial charge in [-0.3, -0.25) is 4.79 Å². The van der Waals surface area contributed by atoms with E-state index in [-0.39, 0.29) is 11.3 Å². The lowest BCUT2D eigenvalue weighted by Gasteiger charge is -2.10. The molecule has 6 heteroatoms. The highest BCUT2D eigenvalue weighted by atomic mass is 16.5. The summed E-state index contributed by atoms with van der Waals surface area (Å²) in [7, 11) is 2.68. The normalized spacial score (nSPS) is 10.4. The van der Waals surface area contributed by atoms with Crippen LogP contribution in [0.1, 0.15) is 21.5 Å². The van der Waals surface area contributed by atoms with Crippen LogP contribution in [0, 0.1) is 0 Å². The SMILES string of the molecule is COC(=O)c1c(O)cc(OC)cc1C=Cc1ccccc1OC=O. The van der Waals surface area contributed by atoms with Crippen molar-refractivity contribution in [2.75, 3.05) is 14.2 Å². The molecule has 0 aliphatic rings. The van der Waals surface area contributed by atoms with Gasteiger partial charge in [0.05, 0.1) is 14.2 Å². The molecule has 0 fully saturated rings. The van der Waals surface area contributed by atoms with Gasteiger partial charge in [0.15, 0.2) is 0 Å². The van der Waals surface area contributed by atoms with Crippen LogP contribution in [-0.4, -0.2) is 31.8 Å². The van der Waals surface area contributed by atoms with Gasteiger partial charge >= 0.3 is 5.97 Å². The molecule has 0 saturated heterocycles. The zero-order valence-corrected chi connectivity index (χ0v) is 13.2. The van der Waals surface area contributed by atoms with Gasteiger partial charge in [-0.05, 0) is 17.7 Å². The van der Waals surface area contributed by atoms with Gasteiger partial charge in [-0.25, -0.2) is 4.79 Å². The van der Waals surface area contributed by atoms with E-state index in [9.17, 15) is 14.7 Å². The predicted molar refractivity (Wildman–Crippen MR) is 88.1 cm³/mol. The Morgan fingerprint density at radius 1 is 1.08 bits per heavy atom. The molecule has 24 heavy (non-hydrogen) atoms. The Balaban J connectivity index is 2.50. The number of aromatic hydroxyl groups is 1. The Morgan fingerprint density at radius 3 is 2.46 bits per heavy atom. The molecular formula is C18H16O6. The topological polar surface area (TPSA) is 82.1 Å². The quantitative estimate of drug-likeness (QED) is 0.499.